The van der Waals surface area contributed by atoms with Crippen molar-refractivity contribution < 1.29 is 4.74 Å². The standard InChI is InChI=1S/C12H14ClNO/c1-8(2)15-7-11-6-9-5-10(13)3-4-12(9)14-11/h3-6,8,14H,7H2,1-2H3. The highest BCUT2D eigenvalue weighted by molar-refractivity contribution is 6.31. The number of aromatic nitrogens is 1. The molecular formula is C12H14ClNO. The smallest absolute Gasteiger partial charge is 0.0869 e. The SMILES string of the molecule is CC(C)OCc1cc2cc(Cl)ccc2[nH]1. The fourth-order valence-electron chi connectivity index (χ4n) is 1.50. The molecule has 1 heterocycles. The first-order valence-electron chi connectivity index (χ1n) is 5.04. The molecule has 0 unspecified atom stereocenters. The average molecular weight is 224 g/mol. The lowest BCUT2D eigenvalue weighted by atomic mass is 10.2. The maximum Gasteiger partial charge on any atom is 0.0869 e. The van der Waals surface area contributed by atoms with Crippen LogP contribution in [0.4, 0.5) is 0 Å². The molecule has 0 radical (unpaired) electrons. The van der Waals surface area contributed by atoms with Crippen molar-refractivity contribution in [2.45, 2.75) is 26.6 Å². The first kappa shape index (κ1) is 10.5. The Hall–Kier alpha value is -0.990. The highest BCUT2D eigenvalue weighted by Crippen LogP contribution is 2.20. The van der Waals surface area contributed by atoms with E-state index in [0.717, 1.165) is 21.6 Å². The molecule has 3 heteroatoms. The molecule has 1 aromatic carbocycles. The summed E-state index contributed by atoms with van der Waals surface area (Å²) < 4.78 is 5.52. The minimum Gasteiger partial charge on any atom is -0.373 e. The summed E-state index contributed by atoms with van der Waals surface area (Å²) in [5, 5.41) is 1.89. The molecule has 0 atom stereocenters. The van der Waals surface area contributed by atoms with E-state index >= 15 is 0 Å². The van der Waals surface area contributed by atoms with Crippen molar-refractivity contribution in [2.24, 2.45) is 0 Å². The van der Waals surface area contributed by atoms with E-state index in [-0.39, 0.29) is 6.10 Å². The molecule has 0 aliphatic heterocycles. The molecule has 0 spiro atoms. The molecule has 1 N–H and O–H groups in total. The van der Waals surface area contributed by atoms with Gasteiger partial charge in [-0.15, -0.1) is 0 Å². The molecule has 0 aliphatic rings. The summed E-state index contributed by atoms with van der Waals surface area (Å²) in [6, 6.07) is 7.89. The topological polar surface area (TPSA) is 25.0 Å². The summed E-state index contributed by atoms with van der Waals surface area (Å²) in [5.41, 5.74) is 2.18. The van der Waals surface area contributed by atoms with Crippen LogP contribution in [0, 0.1) is 0 Å². The second-order valence-corrected chi connectivity index (χ2v) is 4.32. The molecular weight excluding hydrogens is 210 g/mol. The monoisotopic (exact) mass is 223 g/mol. The van der Waals surface area contributed by atoms with Crippen LogP contribution in [0.5, 0.6) is 0 Å². The van der Waals surface area contributed by atoms with Crippen molar-refractivity contribution in [3.05, 3.63) is 35.0 Å². The van der Waals surface area contributed by atoms with Gasteiger partial charge in [0.2, 0.25) is 0 Å². The van der Waals surface area contributed by atoms with Crippen molar-refractivity contribution in [3.63, 3.8) is 0 Å². The third-order valence-corrected chi connectivity index (χ3v) is 2.45. The summed E-state index contributed by atoms with van der Waals surface area (Å²) in [6.45, 7) is 4.67. The number of fused-ring (bicyclic) bond motifs is 1. The van der Waals surface area contributed by atoms with Crippen LogP contribution in [-0.4, -0.2) is 11.1 Å². The van der Waals surface area contributed by atoms with Gasteiger partial charge in [0.15, 0.2) is 0 Å². The van der Waals surface area contributed by atoms with Gasteiger partial charge < -0.3 is 9.72 Å². The maximum absolute atomic E-state index is 5.91. The first-order chi connectivity index (χ1) is 7.15. The number of nitrogens with one attached hydrogen (secondary N) is 1. The summed E-state index contributed by atoms with van der Waals surface area (Å²) in [6.07, 6.45) is 0.250. The number of aromatic amines is 1. The second kappa shape index (κ2) is 4.25. The molecule has 2 rings (SSSR count). The number of hydrogen-bond donors (Lipinski definition) is 1. The Balaban J connectivity index is 2.23. The van der Waals surface area contributed by atoms with Crippen molar-refractivity contribution in [1.82, 2.24) is 4.98 Å². The number of hydrogen-bond acceptors (Lipinski definition) is 1. The second-order valence-electron chi connectivity index (χ2n) is 3.89. The number of H-pyrrole nitrogens is 1. The van der Waals surface area contributed by atoms with Gasteiger partial charge in [0.05, 0.1) is 12.7 Å². The molecule has 0 fully saturated rings. The van der Waals surface area contributed by atoms with Gasteiger partial charge in [-0.2, -0.15) is 0 Å². The summed E-state index contributed by atoms with van der Waals surface area (Å²) in [7, 11) is 0. The Kier molecular flexibility index (Phi) is 2.98. The summed E-state index contributed by atoms with van der Waals surface area (Å²) >= 11 is 5.91. The van der Waals surface area contributed by atoms with Gasteiger partial charge in [0, 0.05) is 21.6 Å². The Morgan fingerprint density at radius 1 is 1.33 bits per heavy atom. The number of ether oxygens (including phenoxy) is 1. The molecule has 80 valence electrons. The Bertz CT molecular complexity index is 462. The van der Waals surface area contributed by atoms with Crippen molar-refractivity contribution in [3.8, 4) is 0 Å². The van der Waals surface area contributed by atoms with Crippen molar-refractivity contribution in [1.29, 1.82) is 0 Å². The molecule has 0 aliphatic carbocycles. The van der Waals surface area contributed by atoms with E-state index in [1.54, 1.807) is 0 Å². The van der Waals surface area contributed by atoms with E-state index in [4.69, 9.17) is 16.3 Å². The zero-order chi connectivity index (χ0) is 10.8. The molecule has 0 saturated heterocycles. The lowest BCUT2D eigenvalue weighted by Crippen LogP contribution is -2.02. The number of rotatable bonds is 3. The van der Waals surface area contributed by atoms with E-state index in [1.165, 1.54) is 0 Å². The maximum atomic E-state index is 5.91. The predicted octanol–water partition coefficient (Wildman–Crippen LogP) is 3.75. The highest BCUT2D eigenvalue weighted by Gasteiger charge is 2.02. The third kappa shape index (κ3) is 2.52. The van der Waals surface area contributed by atoms with E-state index in [0.29, 0.717) is 6.61 Å². The van der Waals surface area contributed by atoms with Gasteiger partial charge in [-0.3, -0.25) is 0 Å². The normalized spacial score (nSPS) is 11.5. The van der Waals surface area contributed by atoms with Gasteiger partial charge in [0.25, 0.3) is 0 Å². The fourth-order valence-corrected chi connectivity index (χ4v) is 1.68. The largest absolute Gasteiger partial charge is 0.373 e. The van der Waals surface area contributed by atoms with Gasteiger partial charge in [0.1, 0.15) is 0 Å². The average Bonchev–Trinajstić information content (AvgIpc) is 2.56. The van der Waals surface area contributed by atoms with Crippen LogP contribution in [0.25, 0.3) is 10.9 Å². The molecule has 1 aromatic heterocycles. The quantitative estimate of drug-likeness (QED) is 0.843. The van der Waals surface area contributed by atoms with Crippen LogP contribution in [0.2, 0.25) is 5.02 Å². The van der Waals surface area contributed by atoms with Crippen LogP contribution in [-0.2, 0) is 11.3 Å². The lowest BCUT2D eigenvalue weighted by molar-refractivity contribution is 0.0639. The van der Waals surface area contributed by atoms with E-state index in [9.17, 15) is 0 Å². The van der Waals surface area contributed by atoms with Gasteiger partial charge in [-0.05, 0) is 38.1 Å². The Labute approximate surface area is 94.2 Å². The Morgan fingerprint density at radius 3 is 2.87 bits per heavy atom. The third-order valence-electron chi connectivity index (χ3n) is 2.21. The zero-order valence-corrected chi connectivity index (χ0v) is 9.64. The number of halogens is 1. The van der Waals surface area contributed by atoms with Gasteiger partial charge in [-0.25, -0.2) is 0 Å². The fraction of sp³-hybridized carbons (Fsp3) is 0.333. The van der Waals surface area contributed by atoms with Crippen LogP contribution < -0.4 is 0 Å². The molecule has 15 heavy (non-hydrogen) atoms. The van der Waals surface area contributed by atoms with Crippen molar-refractivity contribution in [2.75, 3.05) is 0 Å². The molecule has 2 nitrogen and oxygen atoms in total. The first-order valence-corrected chi connectivity index (χ1v) is 5.41. The van der Waals surface area contributed by atoms with E-state index in [1.807, 2.05) is 32.0 Å². The Morgan fingerprint density at radius 2 is 2.13 bits per heavy atom. The van der Waals surface area contributed by atoms with Crippen LogP contribution >= 0.6 is 11.6 Å². The summed E-state index contributed by atoms with van der Waals surface area (Å²) in [4.78, 5) is 3.29. The molecule has 0 amide bonds. The lowest BCUT2D eigenvalue weighted by Gasteiger charge is -2.04. The highest BCUT2D eigenvalue weighted by atomic mass is 35.5. The van der Waals surface area contributed by atoms with E-state index < -0.39 is 0 Å². The zero-order valence-electron chi connectivity index (χ0n) is 8.88. The van der Waals surface area contributed by atoms with Gasteiger partial charge in [-0.1, -0.05) is 11.6 Å². The van der Waals surface area contributed by atoms with Crippen molar-refractivity contribution >= 4 is 22.5 Å². The molecule has 0 saturated carbocycles. The number of benzene rings is 1. The minimum absolute atomic E-state index is 0.250. The summed E-state index contributed by atoms with van der Waals surface area (Å²) in [5.74, 6) is 0. The van der Waals surface area contributed by atoms with Crippen LogP contribution in [0.3, 0.4) is 0 Å². The molecule has 2 aromatic rings. The van der Waals surface area contributed by atoms with Crippen LogP contribution in [0.1, 0.15) is 19.5 Å². The predicted molar refractivity (Wildman–Crippen MR) is 63.2 cm³/mol. The van der Waals surface area contributed by atoms with E-state index in [2.05, 4.69) is 11.1 Å². The minimum atomic E-state index is 0.250. The molecule has 0 bridgehead atoms. The van der Waals surface area contributed by atoms with Gasteiger partial charge >= 0.3 is 0 Å². The van der Waals surface area contributed by atoms with Crippen LogP contribution in [0.15, 0.2) is 24.3 Å².